The van der Waals surface area contributed by atoms with E-state index >= 15 is 0 Å². The Morgan fingerprint density at radius 1 is 1.20 bits per heavy atom. The Hall–Kier alpha value is -0.970. The molecule has 6 heteroatoms. The van der Waals surface area contributed by atoms with Crippen LogP contribution in [-0.4, -0.2) is 48.6 Å². The quantitative estimate of drug-likeness (QED) is 0.931. The first kappa shape index (κ1) is 15.4. The largest absolute Gasteiger partial charge is 0.334 e. The van der Waals surface area contributed by atoms with E-state index in [4.69, 9.17) is 23.2 Å². The van der Waals surface area contributed by atoms with Gasteiger partial charge >= 0.3 is 6.03 Å². The smallest absolute Gasteiger partial charge is 0.317 e. The monoisotopic (exact) mass is 315 g/mol. The third-order valence-electron chi connectivity index (χ3n) is 3.53. The van der Waals surface area contributed by atoms with Gasteiger partial charge in [-0.05, 0) is 24.2 Å². The summed E-state index contributed by atoms with van der Waals surface area (Å²) in [6.45, 7) is 7.08. The average molecular weight is 316 g/mol. The summed E-state index contributed by atoms with van der Waals surface area (Å²) in [4.78, 5) is 16.2. The Morgan fingerprint density at radius 2 is 1.90 bits per heavy atom. The van der Waals surface area contributed by atoms with Crippen molar-refractivity contribution in [3.8, 4) is 0 Å². The fraction of sp³-hybridized carbons (Fsp3) is 0.500. The van der Waals surface area contributed by atoms with Gasteiger partial charge in [-0.15, -0.1) is 0 Å². The summed E-state index contributed by atoms with van der Waals surface area (Å²) in [5.74, 6) is 0. The van der Waals surface area contributed by atoms with Crippen molar-refractivity contribution in [2.45, 2.75) is 13.5 Å². The summed E-state index contributed by atoms with van der Waals surface area (Å²) < 4.78 is 0. The molecule has 1 N–H and O–H groups in total. The van der Waals surface area contributed by atoms with Crippen LogP contribution in [0.25, 0.3) is 0 Å². The van der Waals surface area contributed by atoms with Crippen molar-refractivity contribution >= 4 is 29.2 Å². The highest BCUT2D eigenvalue weighted by atomic mass is 35.5. The second kappa shape index (κ2) is 7.16. The van der Waals surface area contributed by atoms with Crippen molar-refractivity contribution in [2.75, 3.05) is 32.7 Å². The predicted octanol–water partition coefficient (Wildman–Crippen LogP) is 2.84. The van der Waals surface area contributed by atoms with Crippen molar-refractivity contribution in [1.29, 1.82) is 0 Å². The zero-order valence-electron chi connectivity index (χ0n) is 11.5. The van der Waals surface area contributed by atoms with Gasteiger partial charge in [0, 0.05) is 32.7 Å². The van der Waals surface area contributed by atoms with Crippen LogP contribution in [0.3, 0.4) is 0 Å². The molecular formula is C14H19Cl2N3O. The second-order valence-corrected chi connectivity index (χ2v) is 5.64. The third kappa shape index (κ3) is 4.01. The minimum absolute atomic E-state index is 0.0215. The Labute approximate surface area is 129 Å². The molecule has 1 fully saturated rings. The first-order valence-electron chi connectivity index (χ1n) is 6.79. The Morgan fingerprint density at radius 3 is 2.50 bits per heavy atom. The molecule has 2 rings (SSSR count). The van der Waals surface area contributed by atoms with Gasteiger partial charge in [0.2, 0.25) is 0 Å². The molecule has 1 saturated heterocycles. The topological polar surface area (TPSA) is 35.6 Å². The van der Waals surface area contributed by atoms with E-state index in [0.717, 1.165) is 38.3 Å². The number of rotatable bonds is 3. The second-order valence-electron chi connectivity index (χ2n) is 4.83. The first-order valence-corrected chi connectivity index (χ1v) is 7.55. The summed E-state index contributed by atoms with van der Waals surface area (Å²) >= 11 is 11.8. The van der Waals surface area contributed by atoms with Crippen LogP contribution in [0.1, 0.15) is 12.5 Å². The number of carbonyl (C=O) groups excluding carboxylic acids is 1. The normalized spacial score (nSPS) is 16.2. The molecule has 0 saturated carbocycles. The zero-order chi connectivity index (χ0) is 14.5. The van der Waals surface area contributed by atoms with Crippen LogP contribution in [-0.2, 0) is 6.54 Å². The van der Waals surface area contributed by atoms with E-state index in [1.807, 2.05) is 11.0 Å². The number of nitrogens with zero attached hydrogens (tertiary/aromatic N) is 2. The van der Waals surface area contributed by atoms with E-state index < -0.39 is 0 Å². The number of hydrogen-bond acceptors (Lipinski definition) is 2. The molecule has 4 nitrogen and oxygen atoms in total. The molecule has 0 aliphatic carbocycles. The van der Waals surface area contributed by atoms with Crippen LogP contribution >= 0.6 is 23.2 Å². The number of benzene rings is 1. The van der Waals surface area contributed by atoms with Crippen molar-refractivity contribution in [3.63, 3.8) is 0 Å². The summed E-state index contributed by atoms with van der Waals surface area (Å²) in [7, 11) is 0. The standard InChI is InChI=1S/C14H19Cl2N3O/c1-2-18-5-7-19(8-6-18)14(20)17-10-11-3-4-12(15)13(16)9-11/h3-4,9H,2,5-8,10H2,1H3,(H,17,20). The number of nitrogens with one attached hydrogen (secondary N) is 1. The first-order chi connectivity index (χ1) is 9.60. The molecule has 0 radical (unpaired) electrons. The van der Waals surface area contributed by atoms with Gasteiger partial charge in [0.1, 0.15) is 0 Å². The molecule has 1 aromatic rings. The lowest BCUT2D eigenvalue weighted by atomic mass is 10.2. The molecule has 0 bridgehead atoms. The van der Waals surface area contributed by atoms with Crippen LogP contribution in [0.2, 0.25) is 10.0 Å². The highest BCUT2D eigenvalue weighted by Crippen LogP contribution is 2.22. The molecule has 1 aliphatic heterocycles. The molecule has 1 aliphatic rings. The van der Waals surface area contributed by atoms with Gasteiger partial charge < -0.3 is 15.1 Å². The van der Waals surface area contributed by atoms with Gasteiger partial charge in [-0.3, -0.25) is 0 Å². The van der Waals surface area contributed by atoms with E-state index in [-0.39, 0.29) is 6.03 Å². The number of urea groups is 1. The van der Waals surface area contributed by atoms with Crippen LogP contribution in [0.5, 0.6) is 0 Å². The lowest BCUT2D eigenvalue weighted by molar-refractivity contribution is 0.142. The zero-order valence-corrected chi connectivity index (χ0v) is 13.0. The van der Waals surface area contributed by atoms with Gasteiger partial charge in [0.15, 0.2) is 0 Å². The van der Waals surface area contributed by atoms with E-state index in [2.05, 4.69) is 17.1 Å². The van der Waals surface area contributed by atoms with Crippen molar-refractivity contribution in [2.24, 2.45) is 0 Å². The molecule has 0 atom stereocenters. The molecule has 2 amide bonds. The van der Waals surface area contributed by atoms with Crippen LogP contribution < -0.4 is 5.32 Å². The SMILES string of the molecule is CCN1CCN(C(=O)NCc2ccc(Cl)c(Cl)c2)CC1. The molecule has 1 aromatic carbocycles. The lowest BCUT2D eigenvalue weighted by Crippen LogP contribution is -2.51. The number of likely N-dealkylation sites (N-methyl/N-ethyl adjacent to an activating group) is 1. The van der Waals surface area contributed by atoms with Gasteiger partial charge in [-0.25, -0.2) is 4.79 Å². The summed E-state index contributed by atoms with van der Waals surface area (Å²) in [5.41, 5.74) is 0.944. The summed E-state index contributed by atoms with van der Waals surface area (Å²) in [6.07, 6.45) is 0. The fourth-order valence-corrected chi connectivity index (χ4v) is 2.53. The predicted molar refractivity (Wildman–Crippen MR) is 82.4 cm³/mol. The summed E-state index contributed by atoms with van der Waals surface area (Å²) in [5, 5.41) is 3.95. The minimum atomic E-state index is -0.0215. The maximum Gasteiger partial charge on any atom is 0.317 e. The van der Waals surface area contributed by atoms with Crippen LogP contribution in [0, 0.1) is 0 Å². The van der Waals surface area contributed by atoms with Crippen LogP contribution in [0.4, 0.5) is 4.79 Å². The van der Waals surface area contributed by atoms with E-state index in [1.54, 1.807) is 12.1 Å². The van der Waals surface area contributed by atoms with Gasteiger partial charge in [0.05, 0.1) is 10.0 Å². The van der Waals surface area contributed by atoms with Gasteiger partial charge in [-0.1, -0.05) is 36.2 Å². The number of halogens is 2. The average Bonchev–Trinajstić information content (AvgIpc) is 2.48. The Bertz CT molecular complexity index is 473. The van der Waals surface area contributed by atoms with E-state index in [9.17, 15) is 4.79 Å². The number of hydrogen-bond donors (Lipinski definition) is 1. The van der Waals surface area contributed by atoms with E-state index in [0.29, 0.717) is 16.6 Å². The maximum atomic E-state index is 12.1. The Kier molecular flexibility index (Phi) is 5.52. The van der Waals surface area contributed by atoms with Gasteiger partial charge in [-0.2, -0.15) is 0 Å². The van der Waals surface area contributed by atoms with Gasteiger partial charge in [0.25, 0.3) is 0 Å². The fourth-order valence-electron chi connectivity index (χ4n) is 2.21. The number of amides is 2. The minimum Gasteiger partial charge on any atom is -0.334 e. The molecule has 1 heterocycles. The molecular weight excluding hydrogens is 297 g/mol. The lowest BCUT2D eigenvalue weighted by Gasteiger charge is -2.34. The molecule has 0 aromatic heterocycles. The van der Waals surface area contributed by atoms with Crippen LogP contribution in [0.15, 0.2) is 18.2 Å². The maximum absolute atomic E-state index is 12.1. The number of piperazine rings is 1. The van der Waals surface area contributed by atoms with Crippen molar-refractivity contribution < 1.29 is 4.79 Å². The third-order valence-corrected chi connectivity index (χ3v) is 4.27. The number of carbonyl (C=O) groups is 1. The molecule has 20 heavy (non-hydrogen) atoms. The molecule has 0 spiro atoms. The molecule has 0 unspecified atom stereocenters. The Balaban J connectivity index is 1.81. The van der Waals surface area contributed by atoms with Crippen molar-refractivity contribution in [1.82, 2.24) is 15.1 Å². The molecule has 110 valence electrons. The summed E-state index contributed by atoms with van der Waals surface area (Å²) in [6, 6.07) is 5.36. The van der Waals surface area contributed by atoms with Crippen molar-refractivity contribution in [3.05, 3.63) is 33.8 Å². The van der Waals surface area contributed by atoms with E-state index in [1.165, 1.54) is 0 Å². The highest BCUT2D eigenvalue weighted by molar-refractivity contribution is 6.42. The highest BCUT2D eigenvalue weighted by Gasteiger charge is 2.19.